The van der Waals surface area contributed by atoms with Gasteiger partial charge >= 0.3 is 0 Å². The average molecular weight is 663 g/mol. The zero-order valence-electron chi connectivity index (χ0n) is 25.6. The van der Waals surface area contributed by atoms with Crippen molar-refractivity contribution >= 4 is 33.7 Å². The van der Waals surface area contributed by atoms with Crippen LogP contribution >= 0.6 is 0 Å². The van der Waals surface area contributed by atoms with E-state index in [1.165, 1.54) is 24.1 Å². The molecule has 2 N–H and O–H groups in total. The lowest BCUT2D eigenvalue weighted by molar-refractivity contribution is -0.130. The molecule has 1 fully saturated rings. The van der Waals surface area contributed by atoms with Gasteiger partial charge < -0.3 is 29.7 Å². The summed E-state index contributed by atoms with van der Waals surface area (Å²) >= 11 is 0. The summed E-state index contributed by atoms with van der Waals surface area (Å²) in [7, 11) is -2.55. The van der Waals surface area contributed by atoms with Gasteiger partial charge in [-0.15, -0.1) is 0 Å². The number of likely N-dealkylation sites (tertiary alicyclic amines) is 1. The quantitative estimate of drug-likeness (QED) is 0.423. The van der Waals surface area contributed by atoms with Crippen LogP contribution in [0.1, 0.15) is 34.3 Å². The van der Waals surface area contributed by atoms with Crippen molar-refractivity contribution in [2.24, 2.45) is 0 Å². The Morgan fingerprint density at radius 3 is 2.49 bits per heavy atom. The summed E-state index contributed by atoms with van der Waals surface area (Å²) in [5.74, 6) is -0.240. The van der Waals surface area contributed by atoms with Crippen LogP contribution in [0.5, 0.6) is 17.2 Å². The Morgan fingerprint density at radius 1 is 0.957 bits per heavy atom. The molecule has 1 saturated heterocycles. The summed E-state index contributed by atoms with van der Waals surface area (Å²) in [6.45, 7) is 0.0407. The minimum absolute atomic E-state index is 0.0706. The highest BCUT2D eigenvalue weighted by molar-refractivity contribution is 7.90. The van der Waals surface area contributed by atoms with Crippen LogP contribution in [-0.4, -0.2) is 86.7 Å². The number of rotatable bonds is 4. The van der Waals surface area contributed by atoms with Gasteiger partial charge in [-0.25, -0.2) is 12.7 Å². The summed E-state index contributed by atoms with van der Waals surface area (Å²) in [6.07, 6.45) is -0.287. The van der Waals surface area contributed by atoms with Crippen molar-refractivity contribution in [1.29, 1.82) is 0 Å². The van der Waals surface area contributed by atoms with E-state index >= 15 is 0 Å². The molecule has 6 heterocycles. The van der Waals surface area contributed by atoms with Gasteiger partial charge in [0.25, 0.3) is 21.8 Å². The maximum absolute atomic E-state index is 13.4. The molecule has 0 aliphatic carbocycles. The fraction of sp³-hybridized carbons (Fsp3) is 0.333. The minimum Gasteiger partial charge on any atom is -0.493 e. The van der Waals surface area contributed by atoms with Gasteiger partial charge in [-0.05, 0) is 53.9 Å². The van der Waals surface area contributed by atoms with Crippen molar-refractivity contribution in [3.8, 4) is 17.2 Å². The molecule has 6 aliphatic heterocycles. The van der Waals surface area contributed by atoms with E-state index in [4.69, 9.17) is 14.2 Å². The molecular weight excluding hydrogens is 628 g/mol. The fourth-order valence-electron chi connectivity index (χ4n) is 5.82. The number of ether oxygens (including phenoxy) is 3. The molecule has 13 nitrogen and oxygen atoms in total. The van der Waals surface area contributed by atoms with E-state index in [0.29, 0.717) is 23.7 Å². The zero-order valence-corrected chi connectivity index (χ0v) is 26.5. The third kappa shape index (κ3) is 6.87. The highest BCUT2D eigenvalue weighted by atomic mass is 32.2. The van der Waals surface area contributed by atoms with Crippen LogP contribution in [0, 0.1) is 0 Å². The first kappa shape index (κ1) is 31.9. The van der Waals surface area contributed by atoms with Crippen molar-refractivity contribution < 1.29 is 41.8 Å². The predicted octanol–water partition coefficient (Wildman–Crippen LogP) is 1.65. The Morgan fingerprint density at radius 2 is 1.72 bits per heavy atom. The maximum atomic E-state index is 13.4. The Hall–Kier alpha value is -5.11. The second-order valence-electron chi connectivity index (χ2n) is 11.5. The molecular formula is C33H34N4O9S. The van der Waals surface area contributed by atoms with Gasteiger partial charge in [0, 0.05) is 32.5 Å². The third-order valence-corrected chi connectivity index (χ3v) is 10.2. The topological polar surface area (TPSA) is 161 Å². The van der Waals surface area contributed by atoms with Crippen LogP contribution in [0.4, 0.5) is 0 Å². The van der Waals surface area contributed by atoms with E-state index in [9.17, 15) is 27.6 Å². The van der Waals surface area contributed by atoms with Crippen LogP contribution in [-0.2, 0) is 37.4 Å². The molecule has 6 aliphatic rings. The van der Waals surface area contributed by atoms with E-state index in [0.717, 1.165) is 15.4 Å². The number of aryl methyl sites for hydroxylation is 1. The lowest BCUT2D eigenvalue weighted by Crippen LogP contribution is -2.45. The number of hydrogen-bond acceptors (Lipinski definition) is 9. The van der Waals surface area contributed by atoms with Crippen molar-refractivity contribution in [2.45, 2.75) is 42.8 Å². The number of hydrogen-bond donors (Lipinski definition) is 2. The molecule has 9 rings (SSSR count). The largest absolute Gasteiger partial charge is 0.493 e. The standard InChI is InChI=1S/C33H34N4O9S/c1-44-27-16-21-8-12-26(27)45-20-31(39)34-17-22-6-10-23(11-7-22)46-28-19-36(18-25(28)35-30(38)13-9-21)32(40)14-15-37-33(41)24-4-2-3-5-29(24)47(37,42)43/h2-8,10-12,16,25,28H,9,13-15,17-20H2,1H3,(H,34,39)(H,35,38)/t25-,28-/m0/s1. The molecule has 0 saturated carbocycles. The van der Waals surface area contributed by atoms with Gasteiger partial charge in [0.1, 0.15) is 16.7 Å². The second-order valence-corrected chi connectivity index (χ2v) is 13.3. The van der Waals surface area contributed by atoms with E-state index in [-0.39, 0.29) is 73.8 Å². The molecule has 14 heteroatoms. The van der Waals surface area contributed by atoms with E-state index in [1.807, 2.05) is 0 Å². The van der Waals surface area contributed by atoms with Crippen molar-refractivity contribution in [3.63, 3.8) is 0 Å². The maximum Gasteiger partial charge on any atom is 0.269 e. The SMILES string of the molecule is COc1cc2ccc1OCC(=O)NCc1ccc(cc1)O[C@H]1CN(C(=O)CCN3C(=O)c4ccccc4S3(=O)=O)C[C@@H]1NC(=O)CC2. The molecule has 246 valence electrons. The van der Waals surface area contributed by atoms with Crippen LogP contribution < -0.4 is 24.8 Å². The molecule has 3 aromatic rings. The molecule has 0 spiro atoms. The van der Waals surface area contributed by atoms with Gasteiger partial charge in [0.15, 0.2) is 18.1 Å². The van der Waals surface area contributed by atoms with E-state index < -0.39 is 28.1 Å². The Bertz CT molecular complexity index is 1810. The van der Waals surface area contributed by atoms with Gasteiger partial charge in [-0.3, -0.25) is 19.2 Å². The number of amides is 4. The number of carbonyl (C=O) groups excluding carboxylic acids is 4. The monoisotopic (exact) mass is 662 g/mol. The van der Waals surface area contributed by atoms with Gasteiger partial charge in [0.2, 0.25) is 11.8 Å². The van der Waals surface area contributed by atoms with Gasteiger partial charge in [-0.2, -0.15) is 0 Å². The highest BCUT2D eigenvalue weighted by Crippen LogP contribution is 2.31. The lowest BCUT2D eigenvalue weighted by atomic mass is 10.1. The van der Waals surface area contributed by atoms with Crippen LogP contribution in [0.2, 0.25) is 0 Å². The molecule has 0 unspecified atom stereocenters. The summed E-state index contributed by atoms with van der Waals surface area (Å²) in [4.78, 5) is 53.2. The number of fused-ring (bicyclic) bond motifs is 1. The normalized spacial score (nSPS) is 20.8. The van der Waals surface area contributed by atoms with E-state index in [2.05, 4.69) is 10.6 Å². The lowest BCUT2D eigenvalue weighted by Gasteiger charge is -2.21. The summed E-state index contributed by atoms with van der Waals surface area (Å²) in [6, 6.07) is 17.7. The second kappa shape index (κ2) is 13.3. The number of sulfonamides is 1. The summed E-state index contributed by atoms with van der Waals surface area (Å²) < 4.78 is 44.0. The first-order valence-electron chi connectivity index (χ1n) is 15.2. The molecule has 4 amide bonds. The number of carbonyl (C=O) groups is 4. The van der Waals surface area contributed by atoms with Crippen LogP contribution in [0.25, 0.3) is 0 Å². The molecule has 2 atom stereocenters. The Balaban J connectivity index is 1.17. The summed E-state index contributed by atoms with van der Waals surface area (Å²) in [5, 5.41) is 5.82. The molecule has 0 aromatic heterocycles. The highest BCUT2D eigenvalue weighted by Gasteiger charge is 2.42. The minimum atomic E-state index is -4.04. The van der Waals surface area contributed by atoms with Crippen molar-refractivity contribution in [1.82, 2.24) is 19.8 Å². The molecule has 3 aromatic carbocycles. The van der Waals surface area contributed by atoms with Crippen LogP contribution in [0.15, 0.2) is 71.6 Å². The van der Waals surface area contributed by atoms with Crippen molar-refractivity contribution in [2.75, 3.05) is 33.4 Å². The number of methoxy groups -OCH3 is 1. The smallest absolute Gasteiger partial charge is 0.269 e. The molecule has 47 heavy (non-hydrogen) atoms. The fourth-order valence-corrected chi connectivity index (χ4v) is 7.39. The first-order chi connectivity index (χ1) is 22.6. The molecule has 0 radical (unpaired) electrons. The Kier molecular flexibility index (Phi) is 9.03. The zero-order chi connectivity index (χ0) is 33.1. The molecule has 4 bridgehead atoms. The van der Waals surface area contributed by atoms with E-state index in [1.54, 1.807) is 54.6 Å². The summed E-state index contributed by atoms with van der Waals surface area (Å²) in [5.41, 5.74) is 1.73. The Labute approximate surface area is 271 Å². The van der Waals surface area contributed by atoms with Crippen molar-refractivity contribution in [3.05, 3.63) is 83.4 Å². The van der Waals surface area contributed by atoms with Crippen LogP contribution in [0.3, 0.4) is 0 Å². The number of nitrogens with zero attached hydrogens (tertiary/aromatic N) is 2. The average Bonchev–Trinajstić information content (AvgIpc) is 3.55. The first-order valence-corrected chi connectivity index (χ1v) is 16.6. The number of benzene rings is 3. The van der Waals surface area contributed by atoms with Gasteiger partial charge in [0.05, 0.1) is 25.3 Å². The number of nitrogens with one attached hydrogen (secondary N) is 2. The third-order valence-electron chi connectivity index (χ3n) is 8.33. The van der Waals surface area contributed by atoms with Gasteiger partial charge in [-0.1, -0.05) is 30.3 Å². The predicted molar refractivity (Wildman–Crippen MR) is 167 cm³/mol.